The molecule has 1 aromatic heterocycles. The molecule has 0 aromatic carbocycles. The van der Waals surface area contributed by atoms with Crippen molar-refractivity contribution in [2.45, 2.75) is 36.7 Å². The van der Waals surface area contributed by atoms with Crippen molar-refractivity contribution in [1.29, 1.82) is 0 Å². The molecule has 1 aromatic rings. The van der Waals surface area contributed by atoms with E-state index in [1.54, 1.807) is 0 Å². The van der Waals surface area contributed by atoms with E-state index in [2.05, 4.69) is 25.1 Å². The highest BCUT2D eigenvalue weighted by Gasteiger charge is 2.56. The van der Waals surface area contributed by atoms with Crippen LogP contribution >= 0.6 is 0 Å². The van der Waals surface area contributed by atoms with Crippen molar-refractivity contribution >= 4 is 17.7 Å². The van der Waals surface area contributed by atoms with Crippen molar-refractivity contribution in [2.75, 3.05) is 19.0 Å². The Morgan fingerprint density at radius 3 is 2.86 bits per heavy atom. The third-order valence-corrected chi connectivity index (χ3v) is 4.12. The molecule has 5 atom stereocenters. The molecule has 2 unspecified atom stereocenters. The molecular formula is C14H18FN7O7. The number of methoxy groups -OCH3 is 1. The summed E-state index contributed by atoms with van der Waals surface area (Å²) in [6.07, 6.45) is -5.43. The number of carbonyl (C=O) groups excluding carboxylic acids is 2. The second kappa shape index (κ2) is 8.83. The van der Waals surface area contributed by atoms with Crippen LogP contribution in [-0.2, 0) is 19.1 Å². The van der Waals surface area contributed by atoms with Crippen LogP contribution in [0.2, 0.25) is 0 Å². The van der Waals surface area contributed by atoms with Gasteiger partial charge >= 0.3 is 11.7 Å². The number of primary amides is 1. The van der Waals surface area contributed by atoms with Crippen LogP contribution in [0.4, 0.5) is 10.2 Å². The number of rotatable bonds is 8. The molecule has 15 heteroatoms. The maximum absolute atomic E-state index is 14.5. The van der Waals surface area contributed by atoms with Crippen molar-refractivity contribution in [3.05, 3.63) is 33.2 Å². The van der Waals surface area contributed by atoms with E-state index in [0.717, 1.165) is 19.4 Å². The number of amides is 1. The zero-order chi connectivity index (χ0) is 21.8. The number of halogens is 1. The van der Waals surface area contributed by atoms with E-state index >= 15 is 0 Å². The normalized spacial score (nSPS) is 27.0. The quantitative estimate of drug-likeness (QED) is 0.164. The highest BCUT2D eigenvalue weighted by atomic mass is 19.1. The number of aromatic nitrogens is 2. The van der Waals surface area contributed by atoms with Gasteiger partial charge in [0.05, 0.1) is 20.1 Å². The number of carbonyl (C=O) groups is 2. The summed E-state index contributed by atoms with van der Waals surface area (Å²) in [5.41, 5.74) is 10.2. The summed E-state index contributed by atoms with van der Waals surface area (Å²) in [5.74, 6) is -1.79. The minimum Gasteiger partial charge on any atom is -0.467 e. The summed E-state index contributed by atoms with van der Waals surface area (Å²) in [6.45, 7) is -1.04. The van der Waals surface area contributed by atoms with Crippen molar-refractivity contribution in [3.8, 4) is 0 Å². The van der Waals surface area contributed by atoms with E-state index in [4.69, 9.17) is 16.0 Å². The number of anilines is 1. The summed E-state index contributed by atoms with van der Waals surface area (Å²) in [7, 11) is 1.09. The molecule has 14 nitrogen and oxygen atoms in total. The summed E-state index contributed by atoms with van der Waals surface area (Å²) in [5, 5.41) is 24.9. The fourth-order valence-electron chi connectivity index (χ4n) is 2.68. The Labute approximate surface area is 161 Å². The van der Waals surface area contributed by atoms with Crippen LogP contribution in [0, 0.1) is 0 Å². The second-order valence-corrected chi connectivity index (χ2v) is 5.98. The molecule has 0 radical (unpaired) electrons. The molecule has 1 aliphatic rings. The maximum atomic E-state index is 14.5. The summed E-state index contributed by atoms with van der Waals surface area (Å²) >= 11 is 0. The third kappa shape index (κ3) is 4.43. The van der Waals surface area contributed by atoms with Gasteiger partial charge < -0.3 is 30.7 Å². The van der Waals surface area contributed by atoms with Crippen LogP contribution in [0.15, 0.2) is 22.2 Å². The molecule has 1 fully saturated rings. The van der Waals surface area contributed by atoms with Gasteiger partial charge in [-0.25, -0.2) is 14.0 Å². The number of alkyl halides is 1. The lowest BCUT2D eigenvalue weighted by Gasteiger charge is -2.23. The summed E-state index contributed by atoms with van der Waals surface area (Å²) < 4.78 is 24.8. The number of nitrogens with zero attached hydrogens (tertiary/aromatic N) is 5. The number of aliphatic hydroxyl groups excluding tert-OH is 2. The Kier molecular flexibility index (Phi) is 6.71. The smallest absolute Gasteiger partial charge is 0.351 e. The minimum absolute atomic E-state index is 0.152. The summed E-state index contributed by atoms with van der Waals surface area (Å²) in [4.78, 5) is 41.1. The molecule has 29 heavy (non-hydrogen) atoms. The van der Waals surface area contributed by atoms with Gasteiger partial charge in [-0.15, -0.1) is 0 Å². The number of nitrogens with one attached hydrogen (secondary N) is 1. The SMILES string of the molecule is COC(=O)[C@H](CC(N)=O)Nc1ccn(C2O[C@@](CO)(N=[N+]=[N-])C(O)[C@@H]2F)c(=O)n1. The van der Waals surface area contributed by atoms with Crippen LogP contribution in [0.5, 0.6) is 0 Å². The second-order valence-electron chi connectivity index (χ2n) is 5.98. The molecule has 0 spiro atoms. The van der Waals surface area contributed by atoms with E-state index < -0.39 is 60.9 Å². The minimum atomic E-state index is -2.31. The molecule has 0 bridgehead atoms. The standard InChI is InChI=1S/C14H18FN7O7/c1-28-12(26)6(4-7(16)24)18-8-2-3-22(13(27)19-8)11-9(15)10(25)14(5-23,29-11)20-21-17/h2-3,6,9-11,23,25H,4-5H2,1H3,(H2,16,24)(H,18,19,27)/t6-,9-,10?,11?,14+/m0/s1. The van der Waals surface area contributed by atoms with Crippen molar-refractivity contribution in [1.82, 2.24) is 9.55 Å². The fourth-order valence-corrected chi connectivity index (χ4v) is 2.68. The largest absolute Gasteiger partial charge is 0.467 e. The zero-order valence-electron chi connectivity index (χ0n) is 15.0. The number of esters is 1. The highest BCUT2D eigenvalue weighted by molar-refractivity contribution is 5.86. The Hall–Kier alpha value is -3.26. The number of aliphatic hydroxyl groups is 2. The number of ether oxygens (including phenoxy) is 2. The van der Waals surface area contributed by atoms with E-state index in [9.17, 15) is 29.0 Å². The Balaban J connectivity index is 2.30. The lowest BCUT2D eigenvalue weighted by molar-refractivity contribution is -0.142. The van der Waals surface area contributed by atoms with Gasteiger partial charge in [0.1, 0.15) is 18.0 Å². The van der Waals surface area contributed by atoms with Gasteiger partial charge in [-0.2, -0.15) is 4.98 Å². The molecule has 2 rings (SSSR count). The van der Waals surface area contributed by atoms with E-state index in [0.29, 0.717) is 4.57 Å². The van der Waals surface area contributed by atoms with Gasteiger partial charge in [-0.3, -0.25) is 9.36 Å². The molecule has 1 saturated heterocycles. The average molecular weight is 415 g/mol. The van der Waals surface area contributed by atoms with Gasteiger partial charge in [-0.05, 0) is 11.6 Å². The summed E-state index contributed by atoms with van der Waals surface area (Å²) in [6, 6.07) is -0.0569. The first-order valence-electron chi connectivity index (χ1n) is 8.08. The van der Waals surface area contributed by atoms with Crippen LogP contribution in [0.1, 0.15) is 12.6 Å². The molecule has 5 N–H and O–H groups in total. The first-order chi connectivity index (χ1) is 13.7. The topological polar surface area (TPSA) is 215 Å². The molecule has 1 amide bonds. The predicted molar refractivity (Wildman–Crippen MR) is 91.7 cm³/mol. The third-order valence-electron chi connectivity index (χ3n) is 4.12. The Bertz CT molecular complexity index is 889. The van der Waals surface area contributed by atoms with Crippen molar-refractivity contribution in [2.24, 2.45) is 10.8 Å². The monoisotopic (exact) mass is 415 g/mol. The molecule has 158 valence electrons. The highest BCUT2D eigenvalue weighted by Crippen LogP contribution is 2.39. The molecular weight excluding hydrogens is 397 g/mol. The number of hydrogen-bond donors (Lipinski definition) is 4. The molecule has 0 saturated carbocycles. The van der Waals surface area contributed by atoms with E-state index in [1.165, 1.54) is 0 Å². The van der Waals surface area contributed by atoms with Gasteiger partial charge in [0.15, 0.2) is 12.4 Å². The Morgan fingerprint density at radius 1 is 1.66 bits per heavy atom. The van der Waals surface area contributed by atoms with Crippen molar-refractivity contribution in [3.63, 3.8) is 0 Å². The maximum Gasteiger partial charge on any atom is 0.351 e. The van der Waals surface area contributed by atoms with Crippen LogP contribution < -0.4 is 16.7 Å². The zero-order valence-corrected chi connectivity index (χ0v) is 15.0. The molecule has 1 aliphatic heterocycles. The number of nitrogens with two attached hydrogens (primary N) is 1. The first kappa shape index (κ1) is 22.0. The Morgan fingerprint density at radius 2 is 2.34 bits per heavy atom. The fraction of sp³-hybridized carbons (Fsp3) is 0.571. The lowest BCUT2D eigenvalue weighted by Crippen LogP contribution is -2.43. The number of hydrogen-bond acceptors (Lipinski definition) is 10. The van der Waals surface area contributed by atoms with E-state index in [1.807, 2.05) is 0 Å². The molecule has 0 aliphatic carbocycles. The van der Waals surface area contributed by atoms with E-state index in [-0.39, 0.29) is 5.82 Å². The van der Waals surface area contributed by atoms with Gasteiger partial charge in [0, 0.05) is 11.1 Å². The first-order valence-corrected chi connectivity index (χ1v) is 8.08. The lowest BCUT2D eigenvalue weighted by atomic mass is 10.1. The van der Waals surface area contributed by atoms with Crippen LogP contribution in [0.25, 0.3) is 10.4 Å². The van der Waals surface area contributed by atoms with Gasteiger partial charge in [-0.1, -0.05) is 5.11 Å². The van der Waals surface area contributed by atoms with Gasteiger partial charge in [0.25, 0.3) is 0 Å². The average Bonchev–Trinajstić information content (AvgIpc) is 2.92. The molecule has 2 heterocycles. The van der Waals surface area contributed by atoms with Gasteiger partial charge in [0.2, 0.25) is 11.6 Å². The van der Waals surface area contributed by atoms with Crippen molar-refractivity contribution < 1.29 is 33.7 Å². The number of azide groups is 1. The predicted octanol–water partition coefficient (Wildman–Crippen LogP) is -1.70. The van der Waals surface area contributed by atoms with Crippen LogP contribution in [-0.4, -0.2) is 69.4 Å². The van der Waals surface area contributed by atoms with Crippen LogP contribution in [0.3, 0.4) is 0 Å².